The molecule has 5 rings (SSSR count). The molecule has 51 heavy (non-hydrogen) atoms. The molecule has 2 fully saturated rings. The van der Waals surface area contributed by atoms with E-state index < -0.39 is 45.2 Å². The van der Waals surface area contributed by atoms with E-state index in [1.807, 2.05) is 0 Å². The van der Waals surface area contributed by atoms with E-state index in [-0.39, 0.29) is 36.9 Å². The van der Waals surface area contributed by atoms with E-state index in [0.717, 1.165) is 31.2 Å². The monoisotopic (exact) mass is 745 g/mol. The molecule has 3 aromatic carbocycles. The van der Waals surface area contributed by atoms with E-state index in [9.17, 15) is 18.0 Å². The topological polar surface area (TPSA) is 114 Å². The predicted octanol–water partition coefficient (Wildman–Crippen LogP) is 7.92. The molecule has 1 atom stereocenters. The number of piperidine rings is 1. The fourth-order valence-electron chi connectivity index (χ4n) is 6.38. The Kier molecular flexibility index (Phi) is 12.3. The number of halogens is 3. The van der Waals surface area contributed by atoms with Crippen molar-refractivity contribution in [2.45, 2.75) is 94.2 Å². The summed E-state index contributed by atoms with van der Waals surface area (Å²) in [5, 5.41) is 3.29. The Hall–Kier alpha value is -3.74. The van der Waals surface area contributed by atoms with Gasteiger partial charge in [0.05, 0.1) is 11.5 Å². The summed E-state index contributed by atoms with van der Waals surface area (Å²) in [6.45, 7) is 5.78. The first-order valence-electron chi connectivity index (χ1n) is 17.4. The number of nitrogens with zero attached hydrogens (tertiary/aromatic N) is 1. The number of amides is 2. The molecule has 0 spiro atoms. The average molecular weight is 746 g/mol. The number of likely N-dealkylation sites (tertiary alicyclic amines) is 1. The highest BCUT2D eigenvalue weighted by atomic mass is 35.5. The molecule has 1 heterocycles. The Bertz CT molecular complexity index is 1740. The maximum absolute atomic E-state index is 16.5. The summed E-state index contributed by atoms with van der Waals surface area (Å²) in [5.74, 6) is -4.11. The normalized spacial score (nSPS) is 17.1. The molecule has 2 aliphatic rings. The van der Waals surface area contributed by atoms with E-state index in [4.69, 9.17) is 21.1 Å². The zero-order valence-electron chi connectivity index (χ0n) is 29.2. The van der Waals surface area contributed by atoms with E-state index >= 15 is 8.78 Å². The summed E-state index contributed by atoms with van der Waals surface area (Å²) in [7, 11) is -4.60. The second-order valence-corrected chi connectivity index (χ2v) is 16.4. The van der Waals surface area contributed by atoms with Crippen LogP contribution in [-0.2, 0) is 25.5 Å². The molecular formula is C38H46ClF2N3O6S. The van der Waals surface area contributed by atoms with Crippen LogP contribution in [0.4, 0.5) is 13.6 Å². The van der Waals surface area contributed by atoms with Gasteiger partial charge < -0.3 is 19.7 Å². The largest absolute Gasteiger partial charge is 0.493 e. The smallest absolute Gasteiger partial charge is 0.407 e. The second-order valence-electron chi connectivity index (χ2n) is 14.3. The number of alkyl halides is 2. The fourth-order valence-corrected chi connectivity index (χ4v) is 7.70. The second kappa shape index (κ2) is 16.3. The van der Waals surface area contributed by atoms with Crippen molar-refractivity contribution in [2.75, 3.05) is 19.7 Å². The molecule has 0 radical (unpaired) electrons. The van der Waals surface area contributed by atoms with Crippen molar-refractivity contribution in [3.05, 3.63) is 83.4 Å². The van der Waals surface area contributed by atoms with Gasteiger partial charge >= 0.3 is 6.09 Å². The van der Waals surface area contributed by atoms with Crippen molar-refractivity contribution >= 4 is 33.6 Å². The number of hydrogen-bond acceptors (Lipinski definition) is 6. The summed E-state index contributed by atoms with van der Waals surface area (Å²) < 4.78 is 73.6. The lowest BCUT2D eigenvalue weighted by molar-refractivity contribution is -0.145. The van der Waals surface area contributed by atoms with Crippen molar-refractivity contribution in [3.8, 4) is 16.9 Å². The van der Waals surface area contributed by atoms with Gasteiger partial charge in [0, 0.05) is 29.7 Å². The average Bonchev–Trinajstić information content (AvgIpc) is 3.10. The maximum Gasteiger partial charge on any atom is 0.407 e. The van der Waals surface area contributed by atoms with Crippen LogP contribution in [0.2, 0.25) is 5.02 Å². The van der Waals surface area contributed by atoms with Crippen LogP contribution in [0.25, 0.3) is 11.1 Å². The van der Waals surface area contributed by atoms with Crippen molar-refractivity contribution < 1.29 is 36.3 Å². The van der Waals surface area contributed by atoms with Gasteiger partial charge in [-0.1, -0.05) is 67.3 Å². The Balaban J connectivity index is 1.34. The molecule has 1 saturated carbocycles. The highest BCUT2D eigenvalue weighted by molar-refractivity contribution is 7.89. The minimum absolute atomic E-state index is 0.0239. The zero-order chi connectivity index (χ0) is 36.8. The standard InChI is InChI=1S/C38H46ClF2N3O6S/c1-37(2,3)50-36(46)42-31-21-23-44(24-22-31)35(45)34(38(40,41)29-13-9-27(10-14-29)28-11-15-30(39)16-12-28)43-51(47,48)33-19-17-32(18-20-33)49-25-26-7-5-4-6-8-26/h9-20,26,31,34,43H,4-8,21-25H2,1-3H3,(H,42,46). The Morgan fingerprint density at radius 3 is 2.00 bits per heavy atom. The Morgan fingerprint density at radius 2 is 1.43 bits per heavy atom. The number of sulfonamides is 1. The minimum atomic E-state index is -4.60. The van der Waals surface area contributed by atoms with Crippen LogP contribution in [0.3, 0.4) is 0 Å². The Labute approximate surface area is 304 Å². The summed E-state index contributed by atoms with van der Waals surface area (Å²) in [6, 6.07) is 15.0. The van der Waals surface area contributed by atoms with Crippen LogP contribution < -0.4 is 14.8 Å². The molecule has 1 aliphatic carbocycles. The molecule has 13 heteroatoms. The van der Waals surface area contributed by atoms with Gasteiger partial charge in [0.1, 0.15) is 11.4 Å². The predicted molar refractivity (Wildman–Crippen MR) is 192 cm³/mol. The van der Waals surface area contributed by atoms with Crippen LogP contribution in [0.15, 0.2) is 77.7 Å². The Morgan fingerprint density at radius 1 is 0.863 bits per heavy atom. The highest BCUT2D eigenvalue weighted by Crippen LogP contribution is 2.36. The van der Waals surface area contributed by atoms with E-state index in [1.54, 1.807) is 45.0 Å². The molecule has 9 nitrogen and oxygen atoms in total. The number of nitrogens with one attached hydrogen (secondary N) is 2. The lowest BCUT2D eigenvalue weighted by Crippen LogP contribution is -2.58. The van der Waals surface area contributed by atoms with Crippen molar-refractivity contribution in [2.24, 2.45) is 5.92 Å². The van der Waals surface area contributed by atoms with Gasteiger partial charge in [-0.3, -0.25) is 4.79 Å². The molecule has 0 bridgehead atoms. The van der Waals surface area contributed by atoms with Crippen molar-refractivity contribution in [3.63, 3.8) is 0 Å². The van der Waals surface area contributed by atoms with Crippen molar-refractivity contribution in [1.82, 2.24) is 14.9 Å². The number of carbonyl (C=O) groups is 2. The van der Waals surface area contributed by atoms with E-state index in [2.05, 4.69) is 10.0 Å². The summed E-state index contributed by atoms with van der Waals surface area (Å²) in [4.78, 5) is 27.1. The molecule has 3 aromatic rings. The van der Waals surface area contributed by atoms with Gasteiger partial charge in [-0.15, -0.1) is 0 Å². The molecule has 2 amide bonds. The van der Waals surface area contributed by atoms with Crippen LogP contribution in [-0.4, -0.2) is 62.7 Å². The lowest BCUT2D eigenvalue weighted by atomic mass is 9.90. The zero-order valence-corrected chi connectivity index (χ0v) is 30.7. The molecule has 1 aliphatic heterocycles. The van der Waals surface area contributed by atoms with Gasteiger partial charge in [0.2, 0.25) is 15.9 Å². The number of ether oxygens (including phenoxy) is 2. The van der Waals surface area contributed by atoms with Crippen molar-refractivity contribution in [1.29, 1.82) is 0 Å². The lowest BCUT2D eigenvalue weighted by Gasteiger charge is -2.36. The number of alkyl carbamates (subject to hydrolysis) is 1. The van der Waals surface area contributed by atoms with Crippen LogP contribution in [0.1, 0.15) is 71.3 Å². The first-order valence-corrected chi connectivity index (χ1v) is 19.2. The van der Waals surface area contributed by atoms with E-state index in [1.165, 1.54) is 59.9 Å². The maximum atomic E-state index is 16.5. The van der Waals surface area contributed by atoms with Gasteiger partial charge in [-0.05, 0) is 99.9 Å². The molecule has 0 aromatic heterocycles. The SMILES string of the molecule is CC(C)(C)OC(=O)NC1CCN(C(=O)C(NS(=O)(=O)c2ccc(OCC3CCCCC3)cc2)C(F)(F)c2ccc(-c3ccc(Cl)cc3)cc2)CC1. The fraction of sp³-hybridized carbons (Fsp3) is 0.474. The third-order valence-corrected chi connectivity index (χ3v) is 10.9. The van der Waals surface area contributed by atoms with Crippen LogP contribution in [0.5, 0.6) is 5.75 Å². The quantitative estimate of drug-likeness (QED) is 0.206. The minimum Gasteiger partial charge on any atom is -0.493 e. The van der Waals surface area contributed by atoms with Crippen LogP contribution >= 0.6 is 11.6 Å². The molecule has 276 valence electrons. The van der Waals surface area contributed by atoms with Gasteiger partial charge in [-0.25, -0.2) is 13.2 Å². The van der Waals surface area contributed by atoms with Gasteiger partial charge in [0.15, 0.2) is 6.04 Å². The summed E-state index contributed by atoms with van der Waals surface area (Å²) in [6.07, 6.45) is 5.64. The number of hydrogen-bond donors (Lipinski definition) is 2. The highest BCUT2D eigenvalue weighted by Gasteiger charge is 2.50. The molecule has 2 N–H and O–H groups in total. The summed E-state index contributed by atoms with van der Waals surface area (Å²) >= 11 is 5.99. The van der Waals surface area contributed by atoms with Gasteiger partial charge in [-0.2, -0.15) is 13.5 Å². The number of benzene rings is 3. The van der Waals surface area contributed by atoms with Crippen LogP contribution in [0, 0.1) is 5.92 Å². The molecule has 1 saturated heterocycles. The third-order valence-electron chi connectivity index (χ3n) is 9.20. The number of rotatable bonds is 11. The first kappa shape index (κ1) is 38.5. The number of carbonyl (C=O) groups excluding carboxylic acids is 2. The molecule has 1 unspecified atom stereocenters. The third kappa shape index (κ3) is 10.4. The first-order chi connectivity index (χ1) is 24.1. The van der Waals surface area contributed by atoms with E-state index in [0.29, 0.717) is 28.9 Å². The van der Waals surface area contributed by atoms with Gasteiger partial charge in [0.25, 0.3) is 5.92 Å². The molecular weight excluding hydrogens is 700 g/mol. The summed E-state index contributed by atoms with van der Waals surface area (Å²) in [5.41, 5.74) is 0.150.